The lowest BCUT2D eigenvalue weighted by atomic mass is 10.1. The van der Waals surface area contributed by atoms with Gasteiger partial charge in [0.25, 0.3) is 5.91 Å². The van der Waals surface area contributed by atoms with E-state index in [4.69, 9.17) is 10.8 Å². The number of benzene rings is 1. The molecular formula is C13H15N5O3. The molecule has 0 atom stereocenters. The molecule has 0 aliphatic rings. The number of hydrogen-bond acceptors (Lipinski definition) is 5. The smallest absolute Gasteiger partial charge is 0.358 e. The highest BCUT2D eigenvalue weighted by Crippen LogP contribution is 2.03. The van der Waals surface area contributed by atoms with Gasteiger partial charge in [0.05, 0.1) is 12.7 Å². The standard InChI is InChI=1S/C13H15N5O3/c14-7-9-1-3-10(4-2-9)12(19)15-5-6-18-8-11(13(20)21)16-17-18/h1-4,8H,5-7,14H2,(H,15,19)(H,20,21). The molecular weight excluding hydrogens is 274 g/mol. The molecule has 4 N–H and O–H groups in total. The Morgan fingerprint density at radius 1 is 1.29 bits per heavy atom. The number of aromatic carboxylic acids is 1. The summed E-state index contributed by atoms with van der Waals surface area (Å²) in [6.07, 6.45) is 1.31. The summed E-state index contributed by atoms with van der Waals surface area (Å²) in [5.74, 6) is -1.34. The van der Waals surface area contributed by atoms with Gasteiger partial charge in [-0.15, -0.1) is 5.10 Å². The Bertz CT molecular complexity index is 636. The maximum absolute atomic E-state index is 11.9. The van der Waals surface area contributed by atoms with Crippen molar-refractivity contribution in [3.63, 3.8) is 0 Å². The van der Waals surface area contributed by atoms with E-state index in [1.54, 1.807) is 24.3 Å². The van der Waals surface area contributed by atoms with Gasteiger partial charge in [0.2, 0.25) is 0 Å². The Kier molecular flexibility index (Phi) is 4.62. The van der Waals surface area contributed by atoms with Gasteiger partial charge in [-0.1, -0.05) is 17.3 Å². The number of amides is 1. The van der Waals surface area contributed by atoms with Crippen LogP contribution in [0.2, 0.25) is 0 Å². The topological polar surface area (TPSA) is 123 Å². The predicted octanol–water partition coefficient (Wildman–Crippen LogP) is -0.135. The monoisotopic (exact) mass is 289 g/mol. The van der Waals surface area contributed by atoms with E-state index in [0.29, 0.717) is 25.2 Å². The molecule has 110 valence electrons. The van der Waals surface area contributed by atoms with E-state index in [1.165, 1.54) is 10.9 Å². The third-order valence-electron chi connectivity index (χ3n) is 2.84. The summed E-state index contributed by atoms with van der Waals surface area (Å²) >= 11 is 0. The van der Waals surface area contributed by atoms with Gasteiger partial charge in [-0.25, -0.2) is 9.48 Å². The fourth-order valence-corrected chi connectivity index (χ4v) is 1.68. The lowest BCUT2D eigenvalue weighted by Gasteiger charge is -2.05. The number of carbonyl (C=O) groups excluding carboxylic acids is 1. The van der Waals surface area contributed by atoms with Crippen LogP contribution >= 0.6 is 0 Å². The molecule has 0 unspecified atom stereocenters. The van der Waals surface area contributed by atoms with Gasteiger partial charge in [0, 0.05) is 18.7 Å². The number of carboxylic acid groups (broad SMARTS) is 1. The van der Waals surface area contributed by atoms with E-state index < -0.39 is 5.97 Å². The molecule has 8 heteroatoms. The Balaban J connectivity index is 1.84. The molecule has 1 heterocycles. The maximum atomic E-state index is 11.9. The second kappa shape index (κ2) is 6.62. The zero-order valence-electron chi connectivity index (χ0n) is 11.2. The summed E-state index contributed by atoms with van der Waals surface area (Å²) < 4.78 is 1.36. The molecule has 2 aromatic rings. The number of carboxylic acids is 1. The van der Waals surface area contributed by atoms with Crippen molar-refractivity contribution in [2.75, 3.05) is 6.54 Å². The first-order valence-corrected chi connectivity index (χ1v) is 6.31. The molecule has 0 saturated carbocycles. The number of carbonyl (C=O) groups is 2. The SMILES string of the molecule is NCc1ccc(C(=O)NCCn2cc(C(=O)O)nn2)cc1. The third-order valence-corrected chi connectivity index (χ3v) is 2.84. The number of rotatable bonds is 6. The first-order valence-electron chi connectivity index (χ1n) is 6.31. The molecule has 8 nitrogen and oxygen atoms in total. The average molecular weight is 289 g/mol. The van der Waals surface area contributed by atoms with E-state index >= 15 is 0 Å². The normalized spacial score (nSPS) is 10.3. The Morgan fingerprint density at radius 3 is 2.57 bits per heavy atom. The van der Waals surface area contributed by atoms with Crippen LogP contribution in [0.5, 0.6) is 0 Å². The van der Waals surface area contributed by atoms with Crippen LogP contribution in [0.25, 0.3) is 0 Å². The first-order chi connectivity index (χ1) is 10.1. The summed E-state index contributed by atoms with van der Waals surface area (Å²) in [5.41, 5.74) is 6.85. The first kappa shape index (κ1) is 14.7. The molecule has 0 radical (unpaired) electrons. The van der Waals surface area contributed by atoms with Crippen molar-refractivity contribution in [1.82, 2.24) is 20.3 Å². The molecule has 1 amide bonds. The van der Waals surface area contributed by atoms with E-state index in [0.717, 1.165) is 5.56 Å². The van der Waals surface area contributed by atoms with Crippen LogP contribution in [0.1, 0.15) is 26.4 Å². The van der Waals surface area contributed by atoms with E-state index in [9.17, 15) is 9.59 Å². The molecule has 0 fully saturated rings. The van der Waals surface area contributed by atoms with Crippen LogP contribution < -0.4 is 11.1 Å². The number of nitrogens with zero attached hydrogens (tertiary/aromatic N) is 3. The lowest BCUT2D eigenvalue weighted by molar-refractivity contribution is 0.0690. The number of nitrogens with one attached hydrogen (secondary N) is 1. The van der Waals surface area contributed by atoms with Crippen LogP contribution in [0.15, 0.2) is 30.5 Å². The Labute approximate surface area is 120 Å². The van der Waals surface area contributed by atoms with Gasteiger partial charge >= 0.3 is 5.97 Å². The number of nitrogens with two attached hydrogens (primary N) is 1. The van der Waals surface area contributed by atoms with Gasteiger partial charge in [-0.2, -0.15) is 0 Å². The van der Waals surface area contributed by atoms with Crippen molar-refractivity contribution in [3.8, 4) is 0 Å². The summed E-state index contributed by atoms with van der Waals surface area (Å²) in [7, 11) is 0. The van der Waals surface area contributed by atoms with E-state index in [-0.39, 0.29) is 11.6 Å². The molecule has 0 spiro atoms. The van der Waals surface area contributed by atoms with Gasteiger partial charge in [-0.3, -0.25) is 4.79 Å². The summed E-state index contributed by atoms with van der Waals surface area (Å²) in [4.78, 5) is 22.5. The van der Waals surface area contributed by atoms with Gasteiger partial charge in [0.15, 0.2) is 5.69 Å². The quantitative estimate of drug-likeness (QED) is 0.680. The summed E-state index contributed by atoms with van der Waals surface area (Å²) in [6, 6.07) is 7.00. The number of hydrogen-bond donors (Lipinski definition) is 3. The van der Waals surface area contributed by atoms with Crippen molar-refractivity contribution in [1.29, 1.82) is 0 Å². The molecule has 0 bridgehead atoms. The van der Waals surface area contributed by atoms with Crippen molar-refractivity contribution in [3.05, 3.63) is 47.3 Å². The highest BCUT2D eigenvalue weighted by molar-refractivity contribution is 5.94. The predicted molar refractivity (Wildman–Crippen MR) is 73.6 cm³/mol. The van der Waals surface area contributed by atoms with Crippen molar-refractivity contribution in [2.45, 2.75) is 13.1 Å². The largest absolute Gasteiger partial charge is 0.476 e. The van der Waals surface area contributed by atoms with Crippen LogP contribution in [0.4, 0.5) is 0 Å². The van der Waals surface area contributed by atoms with Gasteiger partial charge < -0.3 is 16.2 Å². The Hall–Kier alpha value is -2.74. The van der Waals surface area contributed by atoms with Gasteiger partial charge in [0.1, 0.15) is 0 Å². The zero-order valence-corrected chi connectivity index (χ0v) is 11.2. The minimum absolute atomic E-state index is 0.126. The summed E-state index contributed by atoms with van der Waals surface area (Å²) in [5, 5.41) is 18.6. The molecule has 0 aliphatic heterocycles. The highest BCUT2D eigenvalue weighted by Gasteiger charge is 2.08. The van der Waals surface area contributed by atoms with Crippen LogP contribution in [0.3, 0.4) is 0 Å². The van der Waals surface area contributed by atoms with Crippen molar-refractivity contribution >= 4 is 11.9 Å². The van der Waals surface area contributed by atoms with Crippen LogP contribution in [-0.4, -0.2) is 38.5 Å². The van der Waals surface area contributed by atoms with E-state index in [2.05, 4.69) is 15.6 Å². The Morgan fingerprint density at radius 2 is 2.00 bits per heavy atom. The summed E-state index contributed by atoms with van der Waals surface area (Å²) in [6.45, 7) is 1.09. The molecule has 0 saturated heterocycles. The molecule has 2 rings (SSSR count). The maximum Gasteiger partial charge on any atom is 0.358 e. The lowest BCUT2D eigenvalue weighted by Crippen LogP contribution is -2.27. The third kappa shape index (κ3) is 3.86. The number of aromatic nitrogens is 3. The van der Waals surface area contributed by atoms with Gasteiger partial charge in [-0.05, 0) is 17.7 Å². The molecule has 1 aromatic heterocycles. The van der Waals surface area contributed by atoms with E-state index in [1.807, 2.05) is 0 Å². The fraction of sp³-hybridized carbons (Fsp3) is 0.231. The minimum Gasteiger partial charge on any atom is -0.476 e. The fourth-order valence-electron chi connectivity index (χ4n) is 1.68. The highest BCUT2D eigenvalue weighted by atomic mass is 16.4. The van der Waals surface area contributed by atoms with Crippen molar-refractivity contribution in [2.24, 2.45) is 5.73 Å². The van der Waals surface area contributed by atoms with Crippen LogP contribution in [-0.2, 0) is 13.1 Å². The zero-order chi connectivity index (χ0) is 15.2. The minimum atomic E-state index is -1.13. The molecule has 21 heavy (non-hydrogen) atoms. The molecule has 1 aromatic carbocycles. The molecule has 0 aliphatic carbocycles. The average Bonchev–Trinajstić information content (AvgIpc) is 2.96. The van der Waals surface area contributed by atoms with Crippen molar-refractivity contribution < 1.29 is 14.7 Å². The second-order valence-electron chi connectivity index (χ2n) is 4.33. The second-order valence-corrected chi connectivity index (χ2v) is 4.33. The van der Waals surface area contributed by atoms with Crippen LogP contribution in [0, 0.1) is 0 Å².